The maximum Gasteiger partial charge on any atom is 0.338 e. The van der Waals surface area contributed by atoms with Gasteiger partial charge in [-0.2, -0.15) is 0 Å². The van der Waals surface area contributed by atoms with Gasteiger partial charge in [-0.3, -0.25) is 0 Å². The number of unbranched alkanes of at least 4 members (excludes halogenated alkanes) is 3. The molecule has 0 saturated carbocycles. The van der Waals surface area contributed by atoms with Crippen LogP contribution in [-0.4, -0.2) is 43.0 Å². The Morgan fingerprint density at radius 3 is 2.52 bits per heavy atom. The van der Waals surface area contributed by atoms with Crippen molar-refractivity contribution in [3.63, 3.8) is 0 Å². The number of nitrogens with one attached hydrogen (secondary N) is 1. The molecule has 0 aliphatic heterocycles. The number of carbonyl (C=O) groups is 1. The van der Waals surface area contributed by atoms with Crippen molar-refractivity contribution in [3.05, 3.63) is 29.8 Å². The minimum Gasteiger partial charge on any atom is -0.491 e. The van der Waals surface area contributed by atoms with Crippen LogP contribution in [0.25, 0.3) is 0 Å². The molecule has 0 amide bonds. The summed E-state index contributed by atoms with van der Waals surface area (Å²) in [5.74, 6) is 0.283. The van der Waals surface area contributed by atoms with Crippen LogP contribution in [0, 0.1) is 0 Å². The highest BCUT2D eigenvalue weighted by Crippen LogP contribution is 2.13. The number of ether oxygens (including phenoxy) is 2. The van der Waals surface area contributed by atoms with Gasteiger partial charge in [-0.25, -0.2) is 4.79 Å². The third-order valence-corrected chi connectivity index (χ3v) is 4.00. The smallest absolute Gasteiger partial charge is 0.338 e. The summed E-state index contributed by atoms with van der Waals surface area (Å²) >= 11 is 0. The molecular weight excluding hydrogens is 318 g/mol. The van der Waals surface area contributed by atoms with Crippen LogP contribution in [0.1, 0.15) is 63.2 Å². The lowest BCUT2D eigenvalue weighted by atomic mass is 10.1. The average molecular weight is 351 g/mol. The first-order chi connectivity index (χ1) is 12.1. The Hall–Kier alpha value is -1.59. The zero-order valence-corrected chi connectivity index (χ0v) is 15.8. The van der Waals surface area contributed by atoms with Crippen molar-refractivity contribution in [1.29, 1.82) is 0 Å². The van der Waals surface area contributed by atoms with E-state index in [-0.39, 0.29) is 12.6 Å². The fourth-order valence-corrected chi connectivity index (χ4v) is 2.47. The number of carbonyl (C=O) groups excluding carboxylic acids is 1. The molecule has 0 heterocycles. The number of aliphatic hydroxyl groups excluding tert-OH is 1. The highest BCUT2D eigenvalue weighted by molar-refractivity contribution is 5.89. The normalized spacial score (nSPS) is 13.3. The second-order valence-corrected chi connectivity index (χ2v) is 6.37. The Balaban J connectivity index is 2.22. The van der Waals surface area contributed by atoms with E-state index in [1.165, 1.54) is 25.7 Å². The minimum absolute atomic E-state index is 0.217. The molecule has 0 spiro atoms. The summed E-state index contributed by atoms with van der Waals surface area (Å²) in [6.45, 7) is 7.21. The van der Waals surface area contributed by atoms with E-state index in [1.54, 1.807) is 31.2 Å². The van der Waals surface area contributed by atoms with Gasteiger partial charge in [0.25, 0.3) is 0 Å². The molecule has 1 aromatic carbocycles. The van der Waals surface area contributed by atoms with E-state index >= 15 is 0 Å². The van der Waals surface area contributed by atoms with Crippen molar-refractivity contribution in [2.24, 2.45) is 0 Å². The van der Waals surface area contributed by atoms with Crippen molar-refractivity contribution < 1.29 is 19.4 Å². The number of benzene rings is 1. The monoisotopic (exact) mass is 351 g/mol. The zero-order chi connectivity index (χ0) is 18.5. The van der Waals surface area contributed by atoms with Gasteiger partial charge in [0.1, 0.15) is 18.5 Å². The predicted octanol–water partition coefficient (Wildman–Crippen LogP) is 3.55. The highest BCUT2D eigenvalue weighted by atomic mass is 16.5. The van der Waals surface area contributed by atoms with Crippen LogP contribution < -0.4 is 10.1 Å². The minimum atomic E-state index is -0.567. The molecule has 0 aromatic heterocycles. The van der Waals surface area contributed by atoms with Crippen LogP contribution in [0.3, 0.4) is 0 Å². The summed E-state index contributed by atoms with van der Waals surface area (Å²) in [4.78, 5) is 11.6. The standard InChI is InChI=1S/C20H33NO4/c1-4-6-7-8-9-16(3)21-14-18(22)15-25-19-12-10-17(11-13-19)20(23)24-5-2/h10-13,16,18,21-22H,4-9,14-15H2,1-3H3/t16-,18-/m1/s1. The lowest BCUT2D eigenvalue weighted by Gasteiger charge is -2.17. The number of hydrogen-bond acceptors (Lipinski definition) is 5. The molecule has 0 bridgehead atoms. The van der Waals surface area contributed by atoms with Gasteiger partial charge in [0.2, 0.25) is 0 Å². The second kappa shape index (κ2) is 12.7. The highest BCUT2D eigenvalue weighted by Gasteiger charge is 2.09. The van der Waals surface area contributed by atoms with E-state index in [9.17, 15) is 9.90 Å². The van der Waals surface area contributed by atoms with Crippen LogP contribution >= 0.6 is 0 Å². The summed E-state index contributed by atoms with van der Waals surface area (Å²) in [6, 6.07) is 7.15. The summed E-state index contributed by atoms with van der Waals surface area (Å²) in [5, 5.41) is 13.4. The van der Waals surface area contributed by atoms with E-state index < -0.39 is 6.10 Å². The number of esters is 1. The molecule has 0 unspecified atom stereocenters. The number of rotatable bonds is 13. The first-order valence-electron chi connectivity index (χ1n) is 9.38. The Kier molecular flexibility index (Phi) is 10.9. The van der Waals surface area contributed by atoms with Crippen molar-refractivity contribution >= 4 is 5.97 Å². The quantitative estimate of drug-likeness (QED) is 0.420. The summed E-state index contributed by atoms with van der Waals surface area (Å²) in [5.41, 5.74) is 0.494. The van der Waals surface area contributed by atoms with E-state index in [4.69, 9.17) is 9.47 Å². The topological polar surface area (TPSA) is 67.8 Å². The first kappa shape index (κ1) is 21.5. The van der Waals surface area contributed by atoms with Gasteiger partial charge < -0.3 is 19.9 Å². The third kappa shape index (κ3) is 9.46. The van der Waals surface area contributed by atoms with Crippen LogP contribution in [0.2, 0.25) is 0 Å². The molecule has 142 valence electrons. The van der Waals surface area contributed by atoms with Crippen LogP contribution in [0.15, 0.2) is 24.3 Å². The van der Waals surface area contributed by atoms with Crippen LogP contribution in [0.5, 0.6) is 5.75 Å². The van der Waals surface area contributed by atoms with Gasteiger partial charge in [0.15, 0.2) is 0 Å². The van der Waals surface area contributed by atoms with E-state index in [0.29, 0.717) is 30.5 Å². The van der Waals surface area contributed by atoms with Gasteiger partial charge in [0, 0.05) is 12.6 Å². The molecule has 2 atom stereocenters. The van der Waals surface area contributed by atoms with E-state index in [1.807, 2.05) is 0 Å². The fourth-order valence-electron chi connectivity index (χ4n) is 2.47. The Morgan fingerprint density at radius 1 is 1.16 bits per heavy atom. The fraction of sp³-hybridized carbons (Fsp3) is 0.650. The van der Waals surface area contributed by atoms with Gasteiger partial charge in [-0.05, 0) is 44.5 Å². The maximum atomic E-state index is 11.6. The molecule has 1 rings (SSSR count). The molecule has 0 fully saturated rings. The summed E-state index contributed by atoms with van der Waals surface area (Å²) in [7, 11) is 0. The Morgan fingerprint density at radius 2 is 1.88 bits per heavy atom. The second-order valence-electron chi connectivity index (χ2n) is 6.37. The molecule has 0 radical (unpaired) electrons. The van der Waals surface area contributed by atoms with Gasteiger partial charge in [-0.15, -0.1) is 0 Å². The van der Waals surface area contributed by atoms with Crippen LogP contribution in [0.4, 0.5) is 0 Å². The molecule has 2 N–H and O–H groups in total. The molecule has 0 saturated heterocycles. The Bertz CT molecular complexity index is 475. The lowest BCUT2D eigenvalue weighted by molar-refractivity contribution is 0.0526. The molecule has 0 aliphatic rings. The van der Waals surface area contributed by atoms with Crippen molar-refractivity contribution in [2.75, 3.05) is 19.8 Å². The SMILES string of the molecule is CCCCCC[C@@H](C)NC[C@@H](O)COc1ccc(C(=O)OCC)cc1. The third-order valence-electron chi connectivity index (χ3n) is 4.00. The van der Waals surface area contributed by atoms with Crippen molar-refractivity contribution in [3.8, 4) is 5.75 Å². The molecule has 1 aromatic rings. The maximum absolute atomic E-state index is 11.6. The molecular formula is C20H33NO4. The van der Waals surface area contributed by atoms with Gasteiger partial charge in [-0.1, -0.05) is 32.6 Å². The first-order valence-corrected chi connectivity index (χ1v) is 9.38. The van der Waals surface area contributed by atoms with Gasteiger partial charge in [0.05, 0.1) is 12.2 Å². The summed E-state index contributed by atoms with van der Waals surface area (Å²) in [6.07, 6.45) is 5.60. The largest absolute Gasteiger partial charge is 0.491 e. The number of aliphatic hydroxyl groups is 1. The molecule has 5 nitrogen and oxygen atoms in total. The number of hydrogen-bond donors (Lipinski definition) is 2. The average Bonchev–Trinajstić information content (AvgIpc) is 2.62. The summed E-state index contributed by atoms with van der Waals surface area (Å²) < 4.78 is 10.5. The van der Waals surface area contributed by atoms with Crippen molar-refractivity contribution in [1.82, 2.24) is 5.32 Å². The van der Waals surface area contributed by atoms with Crippen molar-refractivity contribution in [2.45, 2.75) is 65.0 Å². The van der Waals surface area contributed by atoms with Crippen LogP contribution in [-0.2, 0) is 4.74 Å². The molecule has 25 heavy (non-hydrogen) atoms. The zero-order valence-electron chi connectivity index (χ0n) is 15.8. The molecule has 0 aliphatic carbocycles. The predicted molar refractivity (Wildman–Crippen MR) is 100 cm³/mol. The van der Waals surface area contributed by atoms with Gasteiger partial charge >= 0.3 is 5.97 Å². The Labute approximate surface area is 151 Å². The lowest BCUT2D eigenvalue weighted by Crippen LogP contribution is -2.36. The van der Waals surface area contributed by atoms with E-state index in [2.05, 4.69) is 19.2 Å². The van der Waals surface area contributed by atoms with E-state index in [0.717, 1.165) is 6.42 Å². The molecule has 5 heteroatoms.